The molecule has 8 atom stereocenters. The lowest BCUT2D eigenvalue weighted by molar-refractivity contribution is -0.160. The fraction of sp³-hybridized carbons (Fsp3) is 0.804. The molecule has 1 rings (SSSR count). The Balaban J connectivity index is 2.49. The number of carboxylic acid groups (broad SMARTS) is 1. The molecule has 0 aromatic carbocycles. The van der Waals surface area contributed by atoms with Crippen LogP contribution in [0.25, 0.3) is 0 Å². The molecule has 7 N–H and O–H groups in total. The standard InChI is InChI=1S/C46H82NO13P/c1-3-5-7-8-9-10-11-12-13-14-15-16-17-18-19-20-21-22-24-29-44(51)57-34-38(35-58-61(55,56)59-36-41(47)46(53)54)60-45(52)30-26-25-28-39-40(43(50)33-42(39)49)32-31-37(48)27-23-6-4-2/h12-13,25-26,31-32,37-43,48-50H,3-11,14-24,27-30,33-36,47H2,1-2H3,(H,53,54)(H,55,56)/b13-12-,26-25-,32-31+/t37-,38-,39+,40-,41+,42+,43-/m1/s1. The van der Waals surface area contributed by atoms with Gasteiger partial charge in [0.05, 0.1) is 37.9 Å². The number of aliphatic carboxylic acids is 1. The lowest BCUT2D eigenvalue weighted by Gasteiger charge is -2.20. The minimum atomic E-state index is -4.81. The van der Waals surface area contributed by atoms with E-state index < -0.39 is 76.0 Å². The van der Waals surface area contributed by atoms with E-state index in [9.17, 15) is 39.2 Å². The summed E-state index contributed by atoms with van der Waals surface area (Å²) in [5, 5.41) is 40.3. The summed E-state index contributed by atoms with van der Waals surface area (Å²) in [6.45, 7) is 2.37. The van der Waals surface area contributed by atoms with E-state index in [1.165, 1.54) is 76.7 Å². The minimum absolute atomic E-state index is 0.154. The third kappa shape index (κ3) is 30.3. The number of phosphoric acid groups is 1. The molecule has 14 nitrogen and oxygen atoms in total. The monoisotopic (exact) mass is 888 g/mol. The van der Waals surface area contributed by atoms with Gasteiger partial charge in [0.2, 0.25) is 0 Å². The maximum absolute atomic E-state index is 12.8. The Bertz CT molecular complexity index is 1290. The van der Waals surface area contributed by atoms with Crippen LogP contribution in [0.15, 0.2) is 36.5 Å². The van der Waals surface area contributed by atoms with E-state index in [0.717, 1.165) is 51.4 Å². The van der Waals surface area contributed by atoms with E-state index >= 15 is 0 Å². The van der Waals surface area contributed by atoms with Crippen LogP contribution in [0, 0.1) is 11.8 Å². The summed E-state index contributed by atoms with van der Waals surface area (Å²) in [6.07, 6.45) is 32.0. The van der Waals surface area contributed by atoms with Crippen molar-refractivity contribution in [3.05, 3.63) is 36.5 Å². The second-order valence-corrected chi connectivity index (χ2v) is 18.0. The molecule has 1 aliphatic rings. The first-order valence-electron chi connectivity index (χ1n) is 23.3. The lowest BCUT2D eigenvalue weighted by atomic mass is 9.89. The molecule has 0 spiro atoms. The van der Waals surface area contributed by atoms with Crippen molar-refractivity contribution >= 4 is 25.7 Å². The molecule has 354 valence electrons. The topological polar surface area (TPSA) is 232 Å². The highest BCUT2D eigenvalue weighted by molar-refractivity contribution is 7.47. The number of hydrogen-bond donors (Lipinski definition) is 6. The summed E-state index contributed by atoms with van der Waals surface area (Å²) in [5.41, 5.74) is 5.33. The molecule has 15 heteroatoms. The van der Waals surface area contributed by atoms with Crippen LogP contribution in [0.3, 0.4) is 0 Å². The van der Waals surface area contributed by atoms with Crippen molar-refractivity contribution in [3.8, 4) is 0 Å². The highest BCUT2D eigenvalue weighted by Crippen LogP contribution is 2.43. The van der Waals surface area contributed by atoms with Crippen LogP contribution in [0.5, 0.6) is 0 Å². The maximum Gasteiger partial charge on any atom is 0.472 e. The summed E-state index contributed by atoms with van der Waals surface area (Å²) >= 11 is 0. The Morgan fingerprint density at radius 2 is 1.28 bits per heavy atom. The Hall–Kier alpha value is -2.42. The summed E-state index contributed by atoms with van der Waals surface area (Å²) in [5.74, 6) is -3.43. The molecule has 0 aromatic heterocycles. The van der Waals surface area contributed by atoms with Crippen molar-refractivity contribution < 1.29 is 62.8 Å². The molecule has 0 saturated heterocycles. The number of unbranched alkanes of at least 4 members (excludes halogenated alkanes) is 17. The van der Waals surface area contributed by atoms with Crippen LogP contribution in [0.2, 0.25) is 0 Å². The highest BCUT2D eigenvalue weighted by atomic mass is 31.2. The fourth-order valence-corrected chi connectivity index (χ4v) is 7.99. The van der Waals surface area contributed by atoms with E-state index in [1.807, 2.05) is 0 Å². The molecule has 61 heavy (non-hydrogen) atoms. The number of carboxylic acids is 1. The van der Waals surface area contributed by atoms with E-state index in [-0.39, 0.29) is 31.1 Å². The second-order valence-electron chi connectivity index (χ2n) is 16.5. The van der Waals surface area contributed by atoms with Gasteiger partial charge < -0.3 is 40.5 Å². The molecule has 0 aromatic rings. The van der Waals surface area contributed by atoms with Crippen molar-refractivity contribution in [3.63, 3.8) is 0 Å². The summed E-state index contributed by atoms with van der Waals surface area (Å²) < 4.78 is 32.7. The van der Waals surface area contributed by atoms with Crippen LogP contribution < -0.4 is 5.73 Å². The Morgan fingerprint density at radius 3 is 1.89 bits per heavy atom. The van der Waals surface area contributed by atoms with Gasteiger partial charge in [0.25, 0.3) is 0 Å². The largest absolute Gasteiger partial charge is 0.480 e. The van der Waals surface area contributed by atoms with Gasteiger partial charge in [-0.25, -0.2) is 4.57 Å². The Labute approximate surface area is 366 Å². The van der Waals surface area contributed by atoms with E-state index in [2.05, 4.69) is 30.5 Å². The van der Waals surface area contributed by atoms with Crippen molar-refractivity contribution in [2.24, 2.45) is 17.6 Å². The van der Waals surface area contributed by atoms with Gasteiger partial charge in [-0.3, -0.25) is 23.4 Å². The molecule has 1 fully saturated rings. The number of carbonyl (C=O) groups excluding carboxylic acids is 2. The van der Waals surface area contributed by atoms with Gasteiger partial charge in [-0.1, -0.05) is 147 Å². The molecular formula is C46H82NO13P. The fourth-order valence-electron chi connectivity index (χ4n) is 7.21. The van der Waals surface area contributed by atoms with Gasteiger partial charge in [-0.15, -0.1) is 0 Å². The van der Waals surface area contributed by atoms with Crippen LogP contribution in [0.4, 0.5) is 0 Å². The third-order valence-corrected chi connectivity index (χ3v) is 11.9. The number of hydrogen-bond acceptors (Lipinski definition) is 12. The van der Waals surface area contributed by atoms with Crippen LogP contribution in [-0.2, 0) is 37.5 Å². The zero-order chi connectivity index (χ0) is 45.1. The predicted octanol–water partition coefficient (Wildman–Crippen LogP) is 8.78. The van der Waals surface area contributed by atoms with E-state index in [0.29, 0.717) is 19.3 Å². The number of allylic oxidation sites excluding steroid dienone is 3. The Kier molecular flexibility index (Phi) is 33.4. The zero-order valence-electron chi connectivity index (χ0n) is 37.3. The molecule has 0 aliphatic heterocycles. The molecule has 0 amide bonds. The van der Waals surface area contributed by atoms with Crippen LogP contribution in [0.1, 0.15) is 174 Å². The second kappa shape index (κ2) is 36.0. The number of rotatable bonds is 39. The number of aliphatic hydroxyl groups excluding tert-OH is 3. The third-order valence-electron chi connectivity index (χ3n) is 11.0. The van der Waals surface area contributed by atoms with Gasteiger partial charge in [0.15, 0.2) is 6.10 Å². The van der Waals surface area contributed by atoms with Gasteiger partial charge in [-0.2, -0.15) is 0 Å². The van der Waals surface area contributed by atoms with Crippen molar-refractivity contribution in [1.29, 1.82) is 0 Å². The predicted molar refractivity (Wildman–Crippen MR) is 237 cm³/mol. The molecule has 0 bridgehead atoms. The maximum atomic E-state index is 12.8. The normalized spacial score (nSPS) is 20.6. The molecule has 1 saturated carbocycles. The minimum Gasteiger partial charge on any atom is -0.480 e. The van der Waals surface area contributed by atoms with Gasteiger partial charge in [-0.05, 0) is 50.9 Å². The Morgan fingerprint density at radius 1 is 0.721 bits per heavy atom. The molecular weight excluding hydrogens is 805 g/mol. The number of esters is 2. The smallest absolute Gasteiger partial charge is 0.472 e. The number of ether oxygens (including phenoxy) is 2. The van der Waals surface area contributed by atoms with E-state index in [4.69, 9.17) is 24.8 Å². The van der Waals surface area contributed by atoms with Crippen molar-refractivity contribution in [2.45, 2.75) is 205 Å². The summed E-state index contributed by atoms with van der Waals surface area (Å²) in [7, 11) is -4.81. The SMILES string of the molecule is CCCCCCCC/C=C\CCCCCCCCCCCC(=O)OC[C@H](COP(=O)(O)OC[C@H](N)C(=O)O)OC(=O)C/C=C\C[C@H]1[C@@H](/C=C/[C@H](O)CCCCC)[C@H](O)C[C@@H]1O. The number of carbonyl (C=O) groups is 3. The van der Waals surface area contributed by atoms with Crippen LogP contribution in [-0.4, -0.2) is 93.5 Å². The summed E-state index contributed by atoms with van der Waals surface area (Å²) in [4.78, 5) is 46.3. The molecule has 0 heterocycles. The first-order chi connectivity index (χ1) is 29.3. The first-order valence-corrected chi connectivity index (χ1v) is 24.8. The lowest BCUT2D eigenvalue weighted by Crippen LogP contribution is -2.34. The zero-order valence-corrected chi connectivity index (χ0v) is 38.2. The molecule has 1 aliphatic carbocycles. The van der Waals surface area contributed by atoms with Gasteiger partial charge in [0.1, 0.15) is 12.6 Å². The van der Waals surface area contributed by atoms with E-state index in [1.54, 1.807) is 18.2 Å². The van der Waals surface area contributed by atoms with Crippen LogP contribution >= 0.6 is 7.82 Å². The van der Waals surface area contributed by atoms with Crippen molar-refractivity contribution in [1.82, 2.24) is 0 Å². The molecule has 0 radical (unpaired) electrons. The number of phosphoric ester groups is 1. The van der Waals surface area contributed by atoms with Crippen molar-refractivity contribution in [2.75, 3.05) is 19.8 Å². The average Bonchev–Trinajstić information content (AvgIpc) is 3.49. The number of nitrogens with two attached hydrogens (primary N) is 1. The quantitative estimate of drug-likeness (QED) is 0.0147. The average molecular weight is 888 g/mol. The molecule has 1 unspecified atom stereocenters. The van der Waals surface area contributed by atoms with Gasteiger partial charge >= 0.3 is 25.7 Å². The highest BCUT2D eigenvalue weighted by Gasteiger charge is 2.39. The summed E-state index contributed by atoms with van der Waals surface area (Å²) in [6, 6.07) is -1.57. The first kappa shape index (κ1) is 56.6. The van der Waals surface area contributed by atoms with Gasteiger partial charge in [0, 0.05) is 18.8 Å². The number of aliphatic hydroxyl groups is 3.